The summed E-state index contributed by atoms with van der Waals surface area (Å²) < 4.78 is 0. The van der Waals surface area contributed by atoms with Crippen LogP contribution in [0.15, 0.2) is 11.8 Å². The third-order valence-corrected chi connectivity index (χ3v) is 1.22. The fourth-order valence-electron chi connectivity index (χ4n) is 0.315. The van der Waals surface area contributed by atoms with Gasteiger partial charge in [-0.15, -0.1) is 0 Å². The molecular formula is C7H9N3. The summed E-state index contributed by atoms with van der Waals surface area (Å²) in [5, 5.41) is 16.7. The van der Waals surface area contributed by atoms with Crippen LogP contribution in [0.3, 0.4) is 0 Å². The molecule has 2 N–H and O–H groups in total. The zero-order chi connectivity index (χ0) is 8.20. The van der Waals surface area contributed by atoms with Crippen molar-refractivity contribution in [1.29, 1.82) is 10.5 Å². The summed E-state index contributed by atoms with van der Waals surface area (Å²) >= 11 is 0. The van der Waals surface area contributed by atoms with E-state index in [2.05, 4.69) is 0 Å². The highest BCUT2D eigenvalue weighted by molar-refractivity contribution is 5.22. The Morgan fingerprint density at radius 3 is 2.30 bits per heavy atom. The Hall–Kier alpha value is -1.48. The van der Waals surface area contributed by atoms with Crippen molar-refractivity contribution in [3.05, 3.63) is 11.8 Å². The standard InChI is InChI=1S/C7H9N3/c1-7(2,5-9)6(10)3-4-8/h3H,10H2,1-2H3/b6-3-. The van der Waals surface area contributed by atoms with Crippen molar-refractivity contribution in [2.75, 3.05) is 0 Å². The third kappa shape index (κ3) is 1.80. The number of nitrogens with two attached hydrogens (primary N) is 1. The van der Waals surface area contributed by atoms with E-state index in [9.17, 15) is 0 Å². The molecule has 0 saturated heterocycles. The van der Waals surface area contributed by atoms with Crippen molar-refractivity contribution in [2.45, 2.75) is 13.8 Å². The highest BCUT2D eigenvalue weighted by Crippen LogP contribution is 2.19. The van der Waals surface area contributed by atoms with E-state index in [1.165, 1.54) is 6.08 Å². The molecule has 0 bridgehead atoms. The lowest BCUT2D eigenvalue weighted by Gasteiger charge is -2.13. The summed E-state index contributed by atoms with van der Waals surface area (Å²) in [5.74, 6) is 0. The van der Waals surface area contributed by atoms with Gasteiger partial charge in [-0.25, -0.2) is 0 Å². The van der Waals surface area contributed by atoms with Gasteiger partial charge in [0.2, 0.25) is 0 Å². The molecule has 0 aliphatic rings. The van der Waals surface area contributed by atoms with Gasteiger partial charge in [-0.1, -0.05) is 0 Å². The van der Waals surface area contributed by atoms with Crippen LogP contribution in [0.1, 0.15) is 13.8 Å². The maximum absolute atomic E-state index is 8.51. The molecule has 3 heteroatoms. The summed E-state index contributed by atoms with van der Waals surface area (Å²) in [5.41, 5.74) is 4.97. The van der Waals surface area contributed by atoms with Crippen LogP contribution in [0.4, 0.5) is 0 Å². The Kier molecular flexibility index (Phi) is 2.46. The lowest BCUT2D eigenvalue weighted by molar-refractivity contribution is 0.589. The summed E-state index contributed by atoms with van der Waals surface area (Å²) in [7, 11) is 0. The average Bonchev–Trinajstić information content (AvgIpc) is 1.89. The molecule has 0 aromatic rings. The molecule has 0 saturated carbocycles. The van der Waals surface area contributed by atoms with Crippen LogP contribution in [0.25, 0.3) is 0 Å². The van der Waals surface area contributed by atoms with E-state index < -0.39 is 5.41 Å². The molecule has 10 heavy (non-hydrogen) atoms. The first kappa shape index (κ1) is 8.52. The number of hydrogen-bond donors (Lipinski definition) is 1. The molecular weight excluding hydrogens is 126 g/mol. The maximum atomic E-state index is 8.51. The number of rotatable bonds is 1. The Labute approximate surface area is 60.4 Å². The predicted octanol–water partition coefficient (Wildman–Crippen LogP) is 0.902. The van der Waals surface area contributed by atoms with Gasteiger partial charge in [-0.2, -0.15) is 10.5 Å². The van der Waals surface area contributed by atoms with Crippen LogP contribution in [-0.2, 0) is 0 Å². The van der Waals surface area contributed by atoms with Gasteiger partial charge < -0.3 is 5.73 Å². The van der Waals surface area contributed by atoms with E-state index in [0.29, 0.717) is 5.70 Å². The summed E-state index contributed by atoms with van der Waals surface area (Å²) in [6, 6.07) is 3.75. The van der Waals surface area contributed by atoms with Crippen LogP contribution in [0, 0.1) is 28.1 Å². The fraction of sp³-hybridized carbons (Fsp3) is 0.429. The fourth-order valence-corrected chi connectivity index (χ4v) is 0.315. The number of nitriles is 2. The number of hydrogen-bond acceptors (Lipinski definition) is 3. The van der Waals surface area contributed by atoms with Crippen LogP contribution >= 0.6 is 0 Å². The van der Waals surface area contributed by atoms with Crippen LogP contribution in [0.2, 0.25) is 0 Å². The Morgan fingerprint density at radius 2 is 2.00 bits per heavy atom. The van der Waals surface area contributed by atoms with Crippen LogP contribution < -0.4 is 5.73 Å². The Morgan fingerprint density at radius 1 is 1.50 bits per heavy atom. The monoisotopic (exact) mass is 135 g/mol. The van der Waals surface area contributed by atoms with Crippen molar-refractivity contribution in [3.8, 4) is 12.1 Å². The van der Waals surface area contributed by atoms with E-state index in [4.69, 9.17) is 16.3 Å². The van der Waals surface area contributed by atoms with E-state index in [0.717, 1.165) is 0 Å². The molecule has 3 nitrogen and oxygen atoms in total. The van der Waals surface area contributed by atoms with Crippen molar-refractivity contribution < 1.29 is 0 Å². The molecule has 0 unspecified atom stereocenters. The predicted molar refractivity (Wildman–Crippen MR) is 37.3 cm³/mol. The zero-order valence-electron chi connectivity index (χ0n) is 6.05. The summed E-state index contributed by atoms with van der Waals surface area (Å²) in [4.78, 5) is 0. The highest BCUT2D eigenvalue weighted by Gasteiger charge is 2.19. The molecule has 0 atom stereocenters. The van der Waals surface area contributed by atoms with Gasteiger partial charge in [0, 0.05) is 11.8 Å². The Balaban J connectivity index is 4.56. The number of allylic oxidation sites excluding steroid dienone is 2. The second-order valence-electron chi connectivity index (χ2n) is 2.47. The third-order valence-electron chi connectivity index (χ3n) is 1.22. The van der Waals surface area contributed by atoms with Crippen LogP contribution in [0.5, 0.6) is 0 Å². The first-order valence-corrected chi connectivity index (χ1v) is 2.81. The van der Waals surface area contributed by atoms with Gasteiger partial charge in [0.05, 0.1) is 17.6 Å². The molecule has 0 rings (SSSR count). The Bertz CT molecular complexity index is 224. The molecule has 0 aromatic heterocycles. The quantitative estimate of drug-likeness (QED) is 0.543. The van der Waals surface area contributed by atoms with Crippen LogP contribution in [-0.4, -0.2) is 0 Å². The first-order chi connectivity index (χ1) is 4.54. The number of nitrogens with zero attached hydrogens (tertiary/aromatic N) is 2. The minimum absolute atomic E-state index is 0.303. The van der Waals surface area contributed by atoms with Gasteiger partial charge in [0.15, 0.2) is 0 Å². The largest absolute Gasteiger partial charge is 0.400 e. The lowest BCUT2D eigenvalue weighted by Crippen LogP contribution is -2.18. The molecule has 0 amide bonds. The normalized spacial score (nSPS) is 11.8. The maximum Gasteiger partial charge on any atom is 0.0930 e. The molecule has 0 aromatic carbocycles. The molecule has 52 valence electrons. The van der Waals surface area contributed by atoms with E-state index in [1.54, 1.807) is 19.9 Å². The van der Waals surface area contributed by atoms with Gasteiger partial charge in [-0.3, -0.25) is 0 Å². The zero-order valence-corrected chi connectivity index (χ0v) is 6.05. The van der Waals surface area contributed by atoms with Gasteiger partial charge in [0.1, 0.15) is 0 Å². The molecule has 0 fully saturated rings. The molecule has 0 radical (unpaired) electrons. The molecule has 0 heterocycles. The van der Waals surface area contributed by atoms with E-state index in [-0.39, 0.29) is 0 Å². The van der Waals surface area contributed by atoms with E-state index >= 15 is 0 Å². The second kappa shape index (κ2) is 2.89. The average molecular weight is 135 g/mol. The van der Waals surface area contributed by atoms with Gasteiger partial charge in [-0.05, 0) is 13.8 Å². The molecule has 0 spiro atoms. The highest BCUT2D eigenvalue weighted by atomic mass is 14.6. The van der Waals surface area contributed by atoms with Gasteiger partial charge >= 0.3 is 0 Å². The SMILES string of the molecule is CC(C)(C#N)/C(N)=C/C#N. The topological polar surface area (TPSA) is 73.6 Å². The second-order valence-corrected chi connectivity index (χ2v) is 2.47. The minimum Gasteiger partial charge on any atom is -0.400 e. The summed E-state index contributed by atoms with van der Waals surface area (Å²) in [6.07, 6.45) is 1.18. The van der Waals surface area contributed by atoms with Crippen molar-refractivity contribution in [3.63, 3.8) is 0 Å². The van der Waals surface area contributed by atoms with E-state index in [1.807, 2.05) is 6.07 Å². The summed E-state index contributed by atoms with van der Waals surface area (Å²) in [6.45, 7) is 3.33. The lowest BCUT2D eigenvalue weighted by atomic mass is 9.91. The van der Waals surface area contributed by atoms with Crippen molar-refractivity contribution in [1.82, 2.24) is 0 Å². The molecule has 0 aliphatic carbocycles. The van der Waals surface area contributed by atoms with Gasteiger partial charge in [0.25, 0.3) is 0 Å². The first-order valence-electron chi connectivity index (χ1n) is 2.81. The van der Waals surface area contributed by atoms with Crippen molar-refractivity contribution >= 4 is 0 Å². The smallest absolute Gasteiger partial charge is 0.0930 e. The molecule has 0 aliphatic heterocycles. The van der Waals surface area contributed by atoms with Crippen molar-refractivity contribution in [2.24, 2.45) is 11.1 Å². The minimum atomic E-state index is -0.726.